The zero-order valence-electron chi connectivity index (χ0n) is 10.2. The lowest BCUT2D eigenvalue weighted by molar-refractivity contribution is -0.141. The highest BCUT2D eigenvalue weighted by Gasteiger charge is 2.11. The van der Waals surface area contributed by atoms with Crippen molar-refractivity contribution >= 4 is 5.97 Å². The van der Waals surface area contributed by atoms with Gasteiger partial charge in [0.05, 0.1) is 32.1 Å². The third-order valence-electron chi connectivity index (χ3n) is 2.22. The second kappa shape index (κ2) is 9.13. The van der Waals surface area contributed by atoms with Gasteiger partial charge >= 0.3 is 5.97 Å². The molecule has 0 radical (unpaired) electrons. The Balaban J connectivity index is 4.00. The van der Waals surface area contributed by atoms with Crippen molar-refractivity contribution in [3.8, 4) is 6.07 Å². The van der Waals surface area contributed by atoms with Gasteiger partial charge in [0, 0.05) is 26.7 Å². The van der Waals surface area contributed by atoms with Crippen molar-refractivity contribution in [2.24, 2.45) is 5.92 Å². The van der Waals surface area contributed by atoms with Crippen LogP contribution in [0.1, 0.15) is 13.3 Å². The van der Waals surface area contributed by atoms with E-state index in [1.807, 2.05) is 11.8 Å². The predicted octanol–water partition coefficient (Wildman–Crippen LogP) is 0.658. The molecule has 5 nitrogen and oxygen atoms in total. The van der Waals surface area contributed by atoms with E-state index in [-0.39, 0.29) is 11.9 Å². The number of rotatable bonds is 8. The molecule has 0 aliphatic heterocycles. The van der Waals surface area contributed by atoms with Crippen LogP contribution in [0.5, 0.6) is 0 Å². The van der Waals surface area contributed by atoms with Crippen molar-refractivity contribution in [3.05, 3.63) is 0 Å². The molecule has 0 saturated heterocycles. The van der Waals surface area contributed by atoms with E-state index in [0.717, 1.165) is 6.54 Å². The Morgan fingerprint density at radius 1 is 1.44 bits per heavy atom. The summed E-state index contributed by atoms with van der Waals surface area (Å²) in [7, 11) is 3.01. The van der Waals surface area contributed by atoms with Gasteiger partial charge in [-0.2, -0.15) is 5.26 Å². The Morgan fingerprint density at radius 2 is 2.12 bits per heavy atom. The molecule has 0 N–H and O–H groups in total. The summed E-state index contributed by atoms with van der Waals surface area (Å²) in [5.74, 6) is -0.276. The van der Waals surface area contributed by atoms with Crippen LogP contribution in [0.15, 0.2) is 0 Å². The molecule has 0 aromatic heterocycles. The number of nitrogens with zero attached hydrogens (tertiary/aromatic N) is 2. The monoisotopic (exact) mass is 228 g/mol. The number of carbonyl (C=O) groups is 1. The fourth-order valence-electron chi connectivity index (χ4n) is 1.29. The summed E-state index contributed by atoms with van der Waals surface area (Å²) in [6.45, 7) is 4.43. The van der Waals surface area contributed by atoms with Gasteiger partial charge in [-0.25, -0.2) is 0 Å². The largest absolute Gasteiger partial charge is 0.469 e. The van der Waals surface area contributed by atoms with E-state index in [0.29, 0.717) is 26.1 Å². The van der Waals surface area contributed by atoms with E-state index < -0.39 is 0 Å². The number of methoxy groups -OCH3 is 2. The number of nitriles is 1. The van der Waals surface area contributed by atoms with Gasteiger partial charge in [-0.3, -0.25) is 9.69 Å². The number of hydrogen-bond donors (Lipinski definition) is 0. The maximum atomic E-state index is 11.0. The molecule has 0 rings (SSSR count). The highest BCUT2D eigenvalue weighted by molar-refractivity contribution is 5.69. The van der Waals surface area contributed by atoms with Crippen LogP contribution in [0.25, 0.3) is 0 Å². The summed E-state index contributed by atoms with van der Waals surface area (Å²) in [6.07, 6.45) is 0.346. The summed E-state index contributed by atoms with van der Waals surface area (Å²) in [5, 5.41) is 8.73. The summed E-state index contributed by atoms with van der Waals surface area (Å²) in [6, 6.07) is 2.17. The van der Waals surface area contributed by atoms with Crippen molar-refractivity contribution < 1.29 is 14.3 Å². The second-order valence-corrected chi connectivity index (χ2v) is 3.65. The lowest BCUT2D eigenvalue weighted by Gasteiger charge is -2.22. The van der Waals surface area contributed by atoms with Gasteiger partial charge < -0.3 is 9.47 Å². The zero-order chi connectivity index (χ0) is 12.4. The summed E-state index contributed by atoms with van der Waals surface area (Å²) in [5.41, 5.74) is 0. The molecule has 0 aliphatic rings. The minimum absolute atomic E-state index is 0.0468. The second-order valence-electron chi connectivity index (χ2n) is 3.65. The smallest absolute Gasteiger partial charge is 0.306 e. The SMILES string of the molecule is COCCN(CCC(=O)OC)CC(C)C#N. The number of hydrogen-bond acceptors (Lipinski definition) is 5. The Morgan fingerprint density at radius 3 is 2.62 bits per heavy atom. The van der Waals surface area contributed by atoms with Crippen molar-refractivity contribution in [2.45, 2.75) is 13.3 Å². The first kappa shape index (κ1) is 14.9. The first-order valence-electron chi connectivity index (χ1n) is 5.31. The molecule has 0 bridgehead atoms. The highest BCUT2D eigenvalue weighted by atomic mass is 16.5. The molecule has 0 heterocycles. The first-order valence-corrected chi connectivity index (χ1v) is 5.31. The van der Waals surface area contributed by atoms with Gasteiger partial charge in [0.25, 0.3) is 0 Å². The van der Waals surface area contributed by atoms with Gasteiger partial charge in [-0.1, -0.05) is 0 Å². The molecule has 0 aliphatic carbocycles. The Kier molecular flexibility index (Phi) is 8.49. The molecule has 0 fully saturated rings. The van der Waals surface area contributed by atoms with Crippen LogP contribution >= 0.6 is 0 Å². The Labute approximate surface area is 96.9 Å². The fraction of sp³-hybridized carbons (Fsp3) is 0.818. The van der Waals surface area contributed by atoms with Crippen molar-refractivity contribution in [3.63, 3.8) is 0 Å². The summed E-state index contributed by atoms with van der Waals surface area (Å²) in [4.78, 5) is 13.0. The minimum atomic E-state index is -0.230. The molecule has 0 saturated carbocycles. The molecule has 0 aromatic rings. The van der Waals surface area contributed by atoms with Crippen LogP contribution in [0.2, 0.25) is 0 Å². The third-order valence-corrected chi connectivity index (χ3v) is 2.22. The molecule has 0 amide bonds. The Bertz CT molecular complexity index is 238. The molecule has 5 heteroatoms. The van der Waals surface area contributed by atoms with Crippen LogP contribution < -0.4 is 0 Å². The summed E-state index contributed by atoms with van der Waals surface area (Å²) < 4.78 is 9.55. The number of carbonyl (C=O) groups excluding carboxylic acids is 1. The quantitative estimate of drug-likeness (QED) is 0.571. The van der Waals surface area contributed by atoms with Gasteiger partial charge in [0.1, 0.15) is 0 Å². The minimum Gasteiger partial charge on any atom is -0.469 e. The average molecular weight is 228 g/mol. The van der Waals surface area contributed by atoms with Crippen molar-refractivity contribution in [2.75, 3.05) is 40.5 Å². The predicted molar refractivity (Wildman–Crippen MR) is 59.7 cm³/mol. The van der Waals surface area contributed by atoms with Crippen LogP contribution in [-0.4, -0.2) is 51.3 Å². The van der Waals surface area contributed by atoms with Crippen LogP contribution in [0.4, 0.5) is 0 Å². The average Bonchev–Trinajstić information content (AvgIpc) is 2.31. The molecule has 0 aromatic carbocycles. The molecular formula is C11H20N2O3. The topological polar surface area (TPSA) is 62.6 Å². The van der Waals surface area contributed by atoms with Gasteiger partial charge in [0.15, 0.2) is 0 Å². The molecular weight excluding hydrogens is 208 g/mol. The van der Waals surface area contributed by atoms with E-state index in [9.17, 15) is 4.79 Å². The lowest BCUT2D eigenvalue weighted by Crippen LogP contribution is -2.33. The lowest BCUT2D eigenvalue weighted by atomic mass is 10.2. The van der Waals surface area contributed by atoms with Crippen LogP contribution in [0, 0.1) is 17.2 Å². The standard InChI is InChI=1S/C11H20N2O3/c1-10(8-12)9-13(6-7-15-2)5-4-11(14)16-3/h10H,4-7,9H2,1-3H3. The van der Waals surface area contributed by atoms with Crippen molar-refractivity contribution in [1.29, 1.82) is 5.26 Å². The Hall–Kier alpha value is -1.12. The van der Waals surface area contributed by atoms with E-state index in [2.05, 4.69) is 10.8 Å². The maximum Gasteiger partial charge on any atom is 0.306 e. The van der Waals surface area contributed by atoms with Gasteiger partial charge in [-0.05, 0) is 6.92 Å². The third kappa shape index (κ3) is 7.21. The van der Waals surface area contributed by atoms with Gasteiger partial charge in [-0.15, -0.1) is 0 Å². The highest BCUT2D eigenvalue weighted by Crippen LogP contribution is 2.00. The first-order chi connectivity index (χ1) is 7.63. The van der Waals surface area contributed by atoms with Crippen molar-refractivity contribution in [1.82, 2.24) is 4.90 Å². The molecule has 1 atom stereocenters. The van der Waals surface area contributed by atoms with E-state index >= 15 is 0 Å². The maximum absolute atomic E-state index is 11.0. The fourth-order valence-corrected chi connectivity index (χ4v) is 1.29. The molecule has 16 heavy (non-hydrogen) atoms. The normalized spacial score (nSPS) is 12.2. The number of ether oxygens (including phenoxy) is 2. The summed E-state index contributed by atoms with van der Waals surface area (Å²) >= 11 is 0. The zero-order valence-corrected chi connectivity index (χ0v) is 10.2. The van der Waals surface area contributed by atoms with E-state index in [1.54, 1.807) is 7.11 Å². The van der Waals surface area contributed by atoms with Crippen LogP contribution in [0.3, 0.4) is 0 Å². The molecule has 0 spiro atoms. The van der Waals surface area contributed by atoms with Gasteiger partial charge in [0.2, 0.25) is 0 Å². The molecule has 92 valence electrons. The van der Waals surface area contributed by atoms with E-state index in [4.69, 9.17) is 10.00 Å². The number of esters is 1. The van der Waals surface area contributed by atoms with Crippen LogP contribution in [-0.2, 0) is 14.3 Å². The van der Waals surface area contributed by atoms with E-state index in [1.165, 1.54) is 7.11 Å². The molecule has 1 unspecified atom stereocenters.